The second-order valence-corrected chi connectivity index (χ2v) is 8.34. The average molecular weight is 422 g/mol. The van der Waals surface area contributed by atoms with Gasteiger partial charge >= 0.3 is 0 Å². The number of thioether (sulfide) groups is 1. The van der Waals surface area contributed by atoms with Crippen LogP contribution in [0.2, 0.25) is 0 Å². The van der Waals surface area contributed by atoms with Gasteiger partial charge in [0.1, 0.15) is 0 Å². The van der Waals surface area contributed by atoms with Crippen molar-refractivity contribution in [2.45, 2.75) is 50.1 Å². The van der Waals surface area contributed by atoms with E-state index in [0.29, 0.717) is 16.4 Å². The maximum atomic E-state index is 12.5. The summed E-state index contributed by atoms with van der Waals surface area (Å²) in [5, 5.41) is 3.56. The molecule has 6 heteroatoms. The van der Waals surface area contributed by atoms with E-state index >= 15 is 0 Å². The Morgan fingerprint density at radius 1 is 1.07 bits per heavy atom. The fraction of sp³-hybridized carbons (Fsp3) is 0.292. The van der Waals surface area contributed by atoms with Crippen LogP contribution in [0.4, 0.5) is 0 Å². The van der Waals surface area contributed by atoms with Crippen molar-refractivity contribution in [2.24, 2.45) is 0 Å². The summed E-state index contributed by atoms with van der Waals surface area (Å²) < 4.78 is 0. The first kappa shape index (κ1) is 21.8. The second-order valence-electron chi connectivity index (χ2n) is 7.38. The van der Waals surface area contributed by atoms with Crippen LogP contribution >= 0.6 is 11.8 Å². The number of carbonyl (C=O) groups excluding carboxylic acids is 1. The molecule has 0 fully saturated rings. The van der Waals surface area contributed by atoms with Gasteiger partial charge in [0.15, 0.2) is 5.16 Å². The van der Waals surface area contributed by atoms with Gasteiger partial charge < -0.3 is 10.3 Å². The lowest BCUT2D eigenvalue weighted by atomic mass is 10.1. The van der Waals surface area contributed by atoms with Gasteiger partial charge in [0.05, 0.1) is 6.42 Å². The van der Waals surface area contributed by atoms with E-state index in [1.807, 2.05) is 55.5 Å². The van der Waals surface area contributed by atoms with Crippen molar-refractivity contribution >= 4 is 17.7 Å². The van der Waals surface area contributed by atoms with Gasteiger partial charge in [-0.3, -0.25) is 9.59 Å². The maximum Gasteiger partial charge on any atom is 0.255 e. The summed E-state index contributed by atoms with van der Waals surface area (Å²) in [6.07, 6.45) is 1.78. The van der Waals surface area contributed by atoms with E-state index < -0.39 is 0 Å². The molecular formula is C24H27N3O2S. The zero-order valence-corrected chi connectivity index (χ0v) is 18.2. The van der Waals surface area contributed by atoms with Crippen LogP contribution in [0.5, 0.6) is 0 Å². The number of H-pyrrole nitrogens is 1. The fourth-order valence-electron chi connectivity index (χ4n) is 3.17. The Bertz CT molecular complexity index is 1020. The molecule has 0 aliphatic rings. The summed E-state index contributed by atoms with van der Waals surface area (Å²) in [4.78, 5) is 32.2. The van der Waals surface area contributed by atoms with E-state index in [2.05, 4.69) is 27.4 Å². The van der Waals surface area contributed by atoms with E-state index in [-0.39, 0.29) is 23.9 Å². The number of nitrogens with zero attached hydrogens (tertiary/aromatic N) is 1. The Morgan fingerprint density at radius 2 is 1.70 bits per heavy atom. The van der Waals surface area contributed by atoms with Crippen molar-refractivity contribution in [2.75, 3.05) is 0 Å². The predicted octanol–water partition coefficient (Wildman–Crippen LogP) is 4.05. The maximum absolute atomic E-state index is 12.5. The number of rotatable bonds is 9. The predicted molar refractivity (Wildman–Crippen MR) is 122 cm³/mol. The van der Waals surface area contributed by atoms with Crippen LogP contribution in [0, 0.1) is 6.92 Å². The third kappa shape index (κ3) is 6.59. The number of aromatic nitrogens is 2. The molecule has 0 radical (unpaired) electrons. The quantitative estimate of drug-likeness (QED) is 0.404. The van der Waals surface area contributed by atoms with Crippen LogP contribution in [0.1, 0.15) is 35.7 Å². The van der Waals surface area contributed by atoms with Crippen LogP contribution in [0.3, 0.4) is 0 Å². The normalized spacial score (nSPS) is 11.8. The summed E-state index contributed by atoms with van der Waals surface area (Å²) in [6.45, 7) is 3.77. The number of hydrogen-bond acceptors (Lipinski definition) is 4. The number of carbonyl (C=O) groups is 1. The number of amides is 1. The molecule has 2 N–H and O–H groups in total. The summed E-state index contributed by atoms with van der Waals surface area (Å²) in [5.41, 5.74) is 3.19. The van der Waals surface area contributed by atoms with Crippen LogP contribution in [-0.4, -0.2) is 21.9 Å². The lowest BCUT2D eigenvalue weighted by Crippen LogP contribution is -2.35. The van der Waals surface area contributed by atoms with Crippen molar-refractivity contribution in [3.05, 3.63) is 93.4 Å². The highest BCUT2D eigenvalue weighted by Gasteiger charge is 2.15. The Kier molecular flexibility index (Phi) is 7.85. The van der Waals surface area contributed by atoms with Gasteiger partial charge in [0, 0.05) is 23.1 Å². The Labute approximate surface area is 181 Å². The third-order valence-electron chi connectivity index (χ3n) is 4.87. The smallest absolute Gasteiger partial charge is 0.255 e. The number of aromatic amines is 1. The second kappa shape index (κ2) is 10.8. The van der Waals surface area contributed by atoms with Gasteiger partial charge in [-0.15, -0.1) is 0 Å². The Balaban J connectivity index is 1.53. The first-order chi connectivity index (χ1) is 14.5. The lowest BCUT2D eigenvalue weighted by Gasteiger charge is -2.14. The largest absolute Gasteiger partial charge is 0.353 e. The molecule has 1 aromatic heterocycles. The minimum absolute atomic E-state index is 0.0331. The standard InChI is InChI=1S/C24H27N3O2S/c1-17(13-14-19-9-5-3-6-10-19)25-22(28)15-21-18(2)26-24(27-23(21)29)30-16-20-11-7-4-8-12-20/h3-12,17H,13-16H2,1-2H3,(H,25,28)(H,26,27,29)/t17-/m0/s1. The minimum Gasteiger partial charge on any atom is -0.353 e. The molecule has 5 nitrogen and oxygen atoms in total. The molecule has 0 bridgehead atoms. The number of nitrogens with one attached hydrogen (secondary N) is 2. The van der Waals surface area contributed by atoms with Crippen LogP contribution < -0.4 is 10.9 Å². The summed E-state index contributed by atoms with van der Waals surface area (Å²) >= 11 is 1.48. The van der Waals surface area contributed by atoms with Gasteiger partial charge in [-0.25, -0.2) is 4.98 Å². The highest BCUT2D eigenvalue weighted by Crippen LogP contribution is 2.18. The third-order valence-corrected chi connectivity index (χ3v) is 5.82. The van der Waals surface area contributed by atoms with Crippen molar-refractivity contribution in [3.8, 4) is 0 Å². The molecule has 1 heterocycles. The molecule has 0 aliphatic heterocycles. The van der Waals surface area contributed by atoms with Gasteiger partial charge in [-0.1, -0.05) is 72.4 Å². The molecule has 3 rings (SSSR count). The molecule has 1 amide bonds. The van der Waals surface area contributed by atoms with E-state index in [4.69, 9.17) is 0 Å². The Hall–Kier alpha value is -2.86. The molecule has 156 valence electrons. The van der Waals surface area contributed by atoms with Gasteiger partial charge in [-0.2, -0.15) is 0 Å². The first-order valence-electron chi connectivity index (χ1n) is 10.1. The highest BCUT2D eigenvalue weighted by atomic mass is 32.2. The number of hydrogen-bond donors (Lipinski definition) is 2. The van der Waals surface area contributed by atoms with E-state index in [0.717, 1.165) is 24.2 Å². The molecule has 0 aliphatic carbocycles. The van der Waals surface area contributed by atoms with Gasteiger partial charge in [0.2, 0.25) is 5.91 Å². The molecular weight excluding hydrogens is 394 g/mol. The van der Waals surface area contributed by atoms with E-state index in [1.165, 1.54) is 17.3 Å². The zero-order valence-electron chi connectivity index (χ0n) is 17.4. The Morgan fingerprint density at radius 3 is 2.33 bits per heavy atom. The van der Waals surface area contributed by atoms with Crippen LogP contribution in [0.25, 0.3) is 0 Å². The van der Waals surface area contributed by atoms with Crippen molar-refractivity contribution in [3.63, 3.8) is 0 Å². The van der Waals surface area contributed by atoms with Gasteiger partial charge in [0.25, 0.3) is 5.56 Å². The first-order valence-corrected chi connectivity index (χ1v) is 11.1. The monoisotopic (exact) mass is 421 g/mol. The van der Waals surface area contributed by atoms with Crippen molar-refractivity contribution in [1.29, 1.82) is 0 Å². The number of aryl methyl sites for hydroxylation is 2. The average Bonchev–Trinajstić information content (AvgIpc) is 2.75. The summed E-state index contributed by atoms with van der Waals surface area (Å²) in [5.74, 6) is 0.567. The summed E-state index contributed by atoms with van der Waals surface area (Å²) in [7, 11) is 0. The molecule has 1 atom stereocenters. The van der Waals surface area contributed by atoms with Crippen molar-refractivity contribution < 1.29 is 4.79 Å². The zero-order chi connectivity index (χ0) is 21.3. The van der Waals surface area contributed by atoms with E-state index in [1.54, 1.807) is 6.92 Å². The SMILES string of the molecule is Cc1nc(SCc2ccccc2)[nH]c(=O)c1CC(=O)N[C@@H](C)CCc1ccccc1. The number of benzene rings is 2. The summed E-state index contributed by atoms with van der Waals surface area (Å²) in [6, 6.07) is 20.2. The minimum atomic E-state index is -0.245. The topological polar surface area (TPSA) is 74.8 Å². The lowest BCUT2D eigenvalue weighted by molar-refractivity contribution is -0.121. The van der Waals surface area contributed by atoms with Crippen molar-refractivity contribution in [1.82, 2.24) is 15.3 Å². The van der Waals surface area contributed by atoms with Crippen LogP contribution in [0.15, 0.2) is 70.6 Å². The molecule has 0 spiro atoms. The highest BCUT2D eigenvalue weighted by molar-refractivity contribution is 7.98. The molecule has 2 aromatic carbocycles. The van der Waals surface area contributed by atoms with Crippen LogP contribution in [-0.2, 0) is 23.4 Å². The molecule has 3 aromatic rings. The molecule has 30 heavy (non-hydrogen) atoms. The molecule has 0 unspecified atom stereocenters. The molecule has 0 saturated carbocycles. The molecule has 0 saturated heterocycles. The van der Waals surface area contributed by atoms with Gasteiger partial charge in [-0.05, 0) is 37.8 Å². The fourth-order valence-corrected chi connectivity index (χ4v) is 4.04. The van der Waals surface area contributed by atoms with E-state index in [9.17, 15) is 9.59 Å².